The van der Waals surface area contributed by atoms with Crippen molar-refractivity contribution in [1.82, 2.24) is 14.8 Å². The minimum atomic E-state index is -0.887. The Kier molecular flexibility index (Phi) is 3.99. The van der Waals surface area contributed by atoms with Crippen LogP contribution in [0.15, 0.2) is 24.5 Å². The van der Waals surface area contributed by atoms with E-state index in [4.69, 9.17) is 5.11 Å². The van der Waals surface area contributed by atoms with E-state index in [9.17, 15) is 9.59 Å². The number of rotatable bonds is 2. The third kappa shape index (κ3) is 3.01. The smallest absolute Gasteiger partial charge is 0.407 e. The van der Waals surface area contributed by atoms with Crippen LogP contribution in [-0.4, -0.2) is 58.1 Å². The lowest BCUT2D eigenvalue weighted by molar-refractivity contribution is 0.0641. The van der Waals surface area contributed by atoms with Gasteiger partial charge in [-0.2, -0.15) is 0 Å². The van der Waals surface area contributed by atoms with Gasteiger partial charge >= 0.3 is 6.09 Å². The first-order valence-electron chi connectivity index (χ1n) is 6.24. The Bertz CT molecular complexity index is 455. The molecule has 1 fully saturated rings. The lowest BCUT2D eigenvalue weighted by Crippen LogP contribution is -2.46. The van der Waals surface area contributed by atoms with Crippen LogP contribution in [0.3, 0.4) is 0 Å². The molecule has 0 aliphatic carbocycles. The van der Waals surface area contributed by atoms with Crippen LogP contribution < -0.4 is 0 Å². The standard InChI is InChI=1S/C13H17N3O3/c1-15(12(17)10-2-6-14-7-3-10)11-4-8-16(9-5-11)13(18)19/h2-3,6-7,11H,4-5,8-9H2,1H3,(H,18,19). The van der Waals surface area contributed by atoms with Gasteiger partial charge in [-0.1, -0.05) is 0 Å². The second-order valence-corrected chi connectivity index (χ2v) is 4.65. The Morgan fingerprint density at radius 1 is 1.32 bits per heavy atom. The number of piperidine rings is 1. The van der Waals surface area contributed by atoms with Gasteiger partial charge in [0.2, 0.25) is 0 Å². The number of hydrogen-bond donors (Lipinski definition) is 1. The quantitative estimate of drug-likeness (QED) is 0.872. The fourth-order valence-corrected chi connectivity index (χ4v) is 2.31. The van der Waals surface area contributed by atoms with Crippen LogP contribution >= 0.6 is 0 Å². The number of pyridine rings is 1. The molecule has 102 valence electrons. The van der Waals surface area contributed by atoms with Gasteiger partial charge in [0.05, 0.1) is 0 Å². The van der Waals surface area contributed by atoms with Crippen molar-refractivity contribution < 1.29 is 14.7 Å². The second-order valence-electron chi connectivity index (χ2n) is 4.65. The molecule has 0 unspecified atom stereocenters. The van der Waals surface area contributed by atoms with E-state index in [0.29, 0.717) is 31.5 Å². The first kappa shape index (κ1) is 13.3. The van der Waals surface area contributed by atoms with E-state index in [-0.39, 0.29) is 11.9 Å². The SMILES string of the molecule is CN(C(=O)c1ccncc1)C1CCN(C(=O)O)CC1. The van der Waals surface area contributed by atoms with Gasteiger partial charge in [0.25, 0.3) is 5.91 Å². The summed E-state index contributed by atoms with van der Waals surface area (Å²) in [6.07, 6.45) is 3.66. The molecule has 0 atom stereocenters. The molecule has 1 aromatic heterocycles. The number of nitrogens with zero attached hydrogens (tertiary/aromatic N) is 3. The molecule has 1 saturated heterocycles. The molecular weight excluding hydrogens is 246 g/mol. The minimum absolute atomic E-state index is 0.0452. The molecule has 6 heteroatoms. The lowest BCUT2D eigenvalue weighted by Gasteiger charge is -2.35. The van der Waals surface area contributed by atoms with Crippen LogP contribution in [0.5, 0.6) is 0 Å². The van der Waals surface area contributed by atoms with Crippen LogP contribution in [0, 0.1) is 0 Å². The highest BCUT2D eigenvalue weighted by atomic mass is 16.4. The Morgan fingerprint density at radius 3 is 2.42 bits per heavy atom. The number of aromatic nitrogens is 1. The Morgan fingerprint density at radius 2 is 1.89 bits per heavy atom. The normalized spacial score (nSPS) is 16.2. The van der Waals surface area contributed by atoms with E-state index in [1.165, 1.54) is 4.90 Å². The maximum absolute atomic E-state index is 12.2. The first-order valence-corrected chi connectivity index (χ1v) is 6.24. The third-order valence-corrected chi connectivity index (χ3v) is 3.53. The molecule has 2 rings (SSSR count). The van der Waals surface area contributed by atoms with E-state index < -0.39 is 6.09 Å². The lowest BCUT2D eigenvalue weighted by atomic mass is 10.0. The summed E-state index contributed by atoms with van der Waals surface area (Å²) in [5.41, 5.74) is 0.609. The minimum Gasteiger partial charge on any atom is -0.465 e. The summed E-state index contributed by atoms with van der Waals surface area (Å²) in [7, 11) is 1.77. The van der Waals surface area contributed by atoms with Crippen LogP contribution in [0.1, 0.15) is 23.2 Å². The van der Waals surface area contributed by atoms with Crippen molar-refractivity contribution in [1.29, 1.82) is 0 Å². The maximum atomic E-state index is 12.2. The van der Waals surface area contributed by atoms with Crippen LogP contribution in [0.4, 0.5) is 4.79 Å². The molecule has 0 spiro atoms. The third-order valence-electron chi connectivity index (χ3n) is 3.53. The van der Waals surface area contributed by atoms with Crippen molar-refractivity contribution in [3.8, 4) is 0 Å². The van der Waals surface area contributed by atoms with E-state index in [0.717, 1.165) is 0 Å². The van der Waals surface area contributed by atoms with Gasteiger partial charge < -0.3 is 14.9 Å². The molecule has 0 saturated carbocycles. The van der Waals surface area contributed by atoms with E-state index in [1.807, 2.05) is 0 Å². The number of carbonyl (C=O) groups excluding carboxylic acids is 1. The molecule has 2 amide bonds. The van der Waals surface area contributed by atoms with E-state index in [2.05, 4.69) is 4.98 Å². The highest BCUT2D eigenvalue weighted by Gasteiger charge is 2.27. The molecule has 6 nitrogen and oxygen atoms in total. The molecule has 1 aliphatic rings. The number of likely N-dealkylation sites (tertiary alicyclic amines) is 1. The van der Waals surface area contributed by atoms with Gasteiger partial charge in [0.15, 0.2) is 0 Å². The fraction of sp³-hybridized carbons (Fsp3) is 0.462. The molecule has 1 aromatic rings. The highest BCUT2D eigenvalue weighted by Crippen LogP contribution is 2.17. The summed E-state index contributed by atoms with van der Waals surface area (Å²) in [4.78, 5) is 30.0. The molecular formula is C13H17N3O3. The zero-order valence-corrected chi connectivity index (χ0v) is 10.8. The van der Waals surface area contributed by atoms with Gasteiger partial charge in [-0.15, -0.1) is 0 Å². The first-order chi connectivity index (χ1) is 9.09. The highest BCUT2D eigenvalue weighted by molar-refractivity contribution is 5.94. The second kappa shape index (κ2) is 5.69. The van der Waals surface area contributed by atoms with Crippen molar-refractivity contribution in [2.45, 2.75) is 18.9 Å². The van der Waals surface area contributed by atoms with Crippen molar-refractivity contribution >= 4 is 12.0 Å². The summed E-state index contributed by atoms with van der Waals surface area (Å²) in [6, 6.07) is 3.47. The summed E-state index contributed by atoms with van der Waals surface area (Å²) >= 11 is 0. The number of carboxylic acid groups (broad SMARTS) is 1. The van der Waals surface area contributed by atoms with Crippen LogP contribution in [0.25, 0.3) is 0 Å². The average molecular weight is 263 g/mol. The predicted octanol–water partition coefficient (Wildman–Crippen LogP) is 1.30. The van der Waals surface area contributed by atoms with Gasteiger partial charge in [-0.25, -0.2) is 4.79 Å². The Hall–Kier alpha value is -2.11. The summed E-state index contributed by atoms with van der Waals surface area (Å²) in [5, 5.41) is 8.89. The van der Waals surface area contributed by atoms with Gasteiger partial charge in [0.1, 0.15) is 0 Å². The van der Waals surface area contributed by atoms with Crippen LogP contribution in [-0.2, 0) is 0 Å². The molecule has 1 aliphatic heterocycles. The fourth-order valence-electron chi connectivity index (χ4n) is 2.31. The summed E-state index contributed by atoms with van der Waals surface area (Å²) < 4.78 is 0. The van der Waals surface area contributed by atoms with Crippen molar-refractivity contribution in [2.24, 2.45) is 0 Å². The van der Waals surface area contributed by atoms with Crippen molar-refractivity contribution in [2.75, 3.05) is 20.1 Å². The average Bonchev–Trinajstić information content (AvgIpc) is 2.46. The van der Waals surface area contributed by atoms with Crippen LogP contribution in [0.2, 0.25) is 0 Å². The number of amides is 2. The zero-order valence-electron chi connectivity index (χ0n) is 10.8. The maximum Gasteiger partial charge on any atom is 0.407 e. The van der Waals surface area contributed by atoms with E-state index >= 15 is 0 Å². The largest absolute Gasteiger partial charge is 0.465 e. The number of carbonyl (C=O) groups is 2. The molecule has 19 heavy (non-hydrogen) atoms. The molecule has 0 radical (unpaired) electrons. The van der Waals surface area contributed by atoms with Gasteiger partial charge in [0, 0.05) is 44.1 Å². The Balaban J connectivity index is 1.96. The van der Waals surface area contributed by atoms with Crippen molar-refractivity contribution in [3.63, 3.8) is 0 Å². The van der Waals surface area contributed by atoms with Gasteiger partial charge in [-0.3, -0.25) is 9.78 Å². The molecule has 2 heterocycles. The monoisotopic (exact) mass is 263 g/mol. The predicted molar refractivity (Wildman–Crippen MR) is 69.0 cm³/mol. The van der Waals surface area contributed by atoms with E-state index in [1.54, 1.807) is 36.5 Å². The molecule has 1 N–H and O–H groups in total. The Labute approximate surface area is 111 Å². The summed E-state index contributed by atoms with van der Waals surface area (Å²) in [5.74, 6) is -0.0452. The zero-order chi connectivity index (χ0) is 13.8. The number of hydrogen-bond acceptors (Lipinski definition) is 3. The summed E-state index contributed by atoms with van der Waals surface area (Å²) in [6.45, 7) is 0.960. The molecule has 0 aromatic carbocycles. The topological polar surface area (TPSA) is 73.7 Å². The van der Waals surface area contributed by atoms with Gasteiger partial charge in [-0.05, 0) is 25.0 Å². The molecule has 0 bridgehead atoms. The van der Waals surface area contributed by atoms with Crippen molar-refractivity contribution in [3.05, 3.63) is 30.1 Å².